The number of nitrogens with zero attached hydrogens (tertiary/aromatic N) is 1. The van der Waals surface area contributed by atoms with E-state index in [1.165, 1.54) is 10.1 Å². The Hall–Kier alpha value is -0.250. The topological polar surface area (TPSA) is 3.24 Å². The first-order valence-corrected chi connectivity index (χ1v) is 6.74. The summed E-state index contributed by atoms with van der Waals surface area (Å²) in [5.41, 5.74) is 3.04. The first kappa shape index (κ1) is 8.35. The minimum atomic E-state index is 0.240. The number of rotatable bonds is 1. The predicted octanol–water partition coefficient (Wildman–Crippen LogP) is -0.581. The molecule has 0 atom stereocenters. The number of benzene rings is 1. The van der Waals surface area contributed by atoms with Gasteiger partial charge in [0.05, 0.1) is 0 Å². The van der Waals surface area contributed by atoms with Gasteiger partial charge in [0.15, 0.2) is 0 Å². The van der Waals surface area contributed by atoms with Crippen LogP contribution in [0, 0.1) is 0 Å². The van der Waals surface area contributed by atoms with Crippen molar-refractivity contribution >= 4 is 5.69 Å². The average Bonchev–Trinajstić information content (AvgIpc) is 2.47. The van der Waals surface area contributed by atoms with Gasteiger partial charge in [-0.1, -0.05) is 0 Å². The molecule has 0 aliphatic carbocycles. The van der Waals surface area contributed by atoms with Crippen LogP contribution in [-0.4, -0.2) is 6.04 Å². The van der Waals surface area contributed by atoms with Crippen LogP contribution < -0.4 is 24.6 Å². The molecule has 0 aromatic heterocycles. The van der Waals surface area contributed by atoms with Gasteiger partial charge in [0, 0.05) is 0 Å². The summed E-state index contributed by atoms with van der Waals surface area (Å²) < 4.78 is 3.90. The fourth-order valence-corrected chi connectivity index (χ4v) is 4.45. The van der Waals surface area contributed by atoms with E-state index in [1.807, 2.05) is 0 Å². The summed E-state index contributed by atoms with van der Waals surface area (Å²) in [6, 6.07) is 9.48. The molecule has 2 heteroatoms. The van der Waals surface area contributed by atoms with Crippen LogP contribution in [0.2, 0.25) is 0 Å². The van der Waals surface area contributed by atoms with Gasteiger partial charge in [0.2, 0.25) is 0 Å². The summed E-state index contributed by atoms with van der Waals surface area (Å²) >= 11 is 0.240. The maximum atomic E-state index is 2.58. The molecule has 0 radical (unpaired) electrons. The van der Waals surface area contributed by atoms with Crippen LogP contribution >= 0.6 is 0 Å². The molecule has 12 heavy (non-hydrogen) atoms. The van der Waals surface area contributed by atoms with Crippen molar-refractivity contribution < 1.29 is 21.5 Å². The first-order valence-electron chi connectivity index (χ1n) is 4.25. The van der Waals surface area contributed by atoms with Crippen molar-refractivity contribution in [1.29, 1.82) is 0 Å². The van der Waals surface area contributed by atoms with Crippen molar-refractivity contribution in [3.8, 4) is 0 Å². The Morgan fingerprint density at radius 2 is 2.08 bits per heavy atom. The van der Waals surface area contributed by atoms with Gasteiger partial charge in [-0.3, -0.25) is 0 Å². The Balaban J connectivity index is 2.36. The fourth-order valence-electron chi connectivity index (χ4n) is 1.44. The van der Waals surface area contributed by atoms with Crippen LogP contribution in [0.25, 0.3) is 0 Å². The number of hydrogen-bond acceptors (Lipinski definition) is 1. The third kappa shape index (κ3) is 1.32. The summed E-state index contributed by atoms with van der Waals surface area (Å²) in [5.74, 6) is 0. The van der Waals surface area contributed by atoms with E-state index >= 15 is 0 Å². The molecule has 0 fully saturated rings. The zero-order valence-corrected chi connectivity index (χ0v) is 9.58. The van der Waals surface area contributed by atoms with Gasteiger partial charge >= 0.3 is 84.4 Å². The van der Waals surface area contributed by atoms with E-state index in [4.69, 9.17) is 0 Å². The van der Waals surface area contributed by atoms with Gasteiger partial charge in [-0.15, -0.1) is 0 Å². The Morgan fingerprint density at radius 1 is 1.33 bits per heavy atom. The molecular formula is C10H13IN-. The summed E-state index contributed by atoms with van der Waals surface area (Å²) in [5, 5.41) is 0. The molecule has 1 aromatic carbocycles. The number of hydrogen-bond donors (Lipinski definition) is 0. The quantitative estimate of drug-likeness (QED) is 0.376. The van der Waals surface area contributed by atoms with Gasteiger partial charge in [0.1, 0.15) is 0 Å². The van der Waals surface area contributed by atoms with Crippen molar-refractivity contribution in [2.45, 2.75) is 24.3 Å². The Morgan fingerprint density at radius 3 is 2.83 bits per heavy atom. The second-order valence-electron chi connectivity index (χ2n) is 3.29. The van der Waals surface area contributed by atoms with E-state index < -0.39 is 0 Å². The molecule has 1 heterocycles. The van der Waals surface area contributed by atoms with E-state index in [0.717, 1.165) is 0 Å². The van der Waals surface area contributed by atoms with E-state index in [-0.39, 0.29) is 21.5 Å². The van der Waals surface area contributed by atoms with E-state index in [1.54, 1.807) is 5.56 Å². The Kier molecular flexibility index (Phi) is 2.26. The third-order valence-corrected chi connectivity index (χ3v) is 5.54. The first-order chi connectivity index (χ1) is 5.79. The van der Waals surface area contributed by atoms with Crippen LogP contribution in [0.5, 0.6) is 0 Å². The van der Waals surface area contributed by atoms with Gasteiger partial charge < -0.3 is 0 Å². The van der Waals surface area contributed by atoms with Crippen molar-refractivity contribution in [2.75, 3.05) is 3.11 Å². The predicted molar refractivity (Wildman–Crippen MR) is 47.8 cm³/mol. The molecule has 1 aromatic rings. The van der Waals surface area contributed by atoms with Crippen molar-refractivity contribution in [1.82, 2.24) is 0 Å². The fraction of sp³-hybridized carbons (Fsp3) is 0.400. The zero-order valence-electron chi connectivity index (χ0n) is 7.42. The molecule has 0 amide bonds. The van der Waals surface area contributed by atoms with Crippen LogP contribution in [0.15, 0.2) is 24.3 Å². The Labute approximate surface area is 84.4 Å². The molecule has 1 nitrogen and oxygen atoms in total. The van der Waals surface area contributed by atoms with Crippen molar-refractivity contribution in [2.24, 2.45) is 0 Å². The summed E-state index contributed by atoms with van der Waals surface area (Å²) in [6.07, 6.45) is 0. The van der Waals surface area contributed by atoms with Crippen molar-refractivity contribution in [3.63, 3.8) is 0 Å². The number of para-hydroxylation sites is 1. The minimum absolute atomic E-state index is 0.240. The third-order valence-electron chi connectivity index (χ3n) is 2.01. The average molecular weight is 274 g/mol. The van der Waals surface area contributed by atoms with E-state index in [0.29, 0.717) is 6.04 Å². The molecule has 0 unspecified atom stereocenters. The summed E-state index contributed by atoms with van der Waals surface area (Å²) in [4.78, 5) is 0. The molecule has 1 aliphatic rings. The SMILES string of the molecule is CC(C)N1[I-]Cc2ccccc21. The summed E-state index contributed by atoms with van der Waals surface area (Å²) in [6.45, 7) is 4.56. The molecule has 0 N–H and O–H groups in total. The second-order valence-corrected chi connectivity index (χ2v) is 5.77. The summed E-state index contributed by atoms with van der Waals surface area (Å²) in [7, 11) is 0. The molecule has 66 valence electrons. The number of fused-ring (bicyclic) bond motifs is 1. The van der Waals surface area contributed by atoms with Crippen LogP contribution in [-0.2, 0) is 4.43 Å². The molecule has 0 spiro atoms. The van der Waals surface area contributed by atoms with Gasteiger partial charge in [-0.25, -0.2) is 0 Å². The van der Waals surface area contributed by atoms with E-state index in [2.05, 4.69) is 41.2 Å². The molecule has 0 saturated carbocycles. The number of halogens is 1. The van der Waals surface area contributed by atoms with Gasteiger partial charge in [-0.05, 0) is 0 Å². The Bertz CT molecular complexity index is 283. The molecule has 0 saturated heterocycles. The second kappa shape index (κ2) is 3.24. The monoisotopic (exact) mass is 274 g/mol. The normalized spacial score (nSPS) is 16.1. The van der Waals surface area contributed by atoms with Crippen LogP contribution in [0.4, 0.5) is 5.69 Å². The number of anilines is 1. The molecule has 0 bridgehead atoms. The zero-order chi connectivity index (χ0) is 8.55. The van der Waals surface area contributed by atoms with Crippen molar-refractivity contribution in [3.05, 3.63) is 29.8 Å². The van der Waals surface area contributed by atoms with Gasteiger partial charge in [-0.2, -0.15) is 0 Å². The van der Waals surface area contributed by atoms with E-state index in [9.17, 15) is 0 Å². The molecule has 1 aliphatic heterocycles. The maximum absolute atomic E-state index is 2.58. The van der Waals surface area contributed by atoms with Crippen LogP contribution in [0.1, 0.15) is 19.4 Å². The standard InChI is InChI=1S/C10H13IN/c1-8(2)12-10-6-4-3-5-9(10)7-11-12/h3-6,8H,7H2,1-2H3/q-1. The molecular weight excluding hydrogens is 261 g/mol. The van der Waals surface area contributed by atoms with Gasteiger partial charge in [0.25, 0.3) is 0 Å². The van der Waals surface area contributed by atoms with Crippen LogP contribution in [0.3, 0.4) is 0 Å². The number of alkyl halides is 1. The molecule has 2 rings (SSSR count).